The van der Waals surface area contributed by atoms with Gasteiger partial charge in [0.05, 0.1) is 5.92 Å². The number of benzene rings is 1. The second-order valence-electron chi connectivity index (χ2n) is 4.70. The van der Waals surface area contributed by atoms with Gasteiger partial charge in [-0.15, -0.1) is 5.10 Å². The summed E-state index contributed by atoms with van der Waals surface area (Å²) < 4.78 is 0. The summed E-state index contributed by atoms with van der Waals surface area (Å²) in [5.74, 6) is -0.174. The molecule has 1 fully saturated rings. The van der Waals surface area contributed by atoms with Crippen LogP contribution in [0.15, 0.2) is 24.3 Å². The van der Waals surface area contributed by atoms with E-state index in [1.165, 1.54) is 11.3 Å². The summed E-state index contributed by atoms with van der Waals surface area (Å²) in [6.07, 6.45) is 5.28. The van der Waals surface area contributed by atoms with Gasteiger partial charge in [0.1, 0.15) is 11.0 Å². The lowest BCUT2D eigenvalue weighted by Gasteiger charge is -2.19. The minimum absolute atomic E-state index is 0.0155. The molecule has 3 rings (SSSR count). The molecule has 1 aliphatic rings. The Kier molecular flexibility index (Phi) is 2.96. The summed E-state index contributed by atoms with van der Waals surface area (Å²) in [6.45, 7) is 0. The molecule has 0 saturated heterocycles. The van der Waals surface area contributed by atoms with Gasteiger partial charge in [-0.1, -0.05) is 36.2 Å². The average molecular weight is 245 g/mol. The van der Waals surface area contributed by atoms with Gasteiger partial charge < -0.3 is 4.84 Å². The molecule has 0 N–H and O–H groups in total. The van der Waals surface area contributed by atoms with Crippen molar-refractivity contribution >= 4 is 17.0 Å². The third-order valence-electron chi connectivity index (χ3n) is 3.44. The van der Waals surface area contributed by atoms with E-state index < -0.39 is 0 Å². The summed E-state index contributed by atoms with van der Waals surface area (Å²) in [5, 5.41) is 7.81. The Balaban J connectivity index is 1.77. The molecule has 0 radical (unpaired) electrons. The summed E-state index contributed by atoms with van der Waals surface area (Å²) in [6, 6.07) is 7.43. The third-order valence-corrected chi connectivity index (χ3v) is 3.44. The van der Waals surface area contributed by atoms with Crippen molar-refractivity contribution in [1.29, 1.82) is 0 Å². The van der Waals surface area contributed by atoms with E-state index in [4.69, 9.17) is 4.84 Å². The highest BCUT2D eigenvalue weighted by atomic mass is 16.7. The van der Waals surface area contributed by atoms with Crippen LogP contribution in [-0.2, 0) is 4.79 Å². The Hall–Kier alpha value is -1.91. The predicted molar refractivity (Wildman–Crippen MR) is 65.7 cm³/mol. The van der Waals surface area contributed by atoms with Crippen LogP contribution in [0.3, 0.4) is 0 Å². The molecule has 0 atom stereocenters. The molecular weight excluding hydrogens is 230 g/mol. The second-order valence-corrected chi connectivity index (χ2v) is 4.70. The monoisotopic (exact) mass is 245 g/mol. The molecule has 5 heteroatoms. The molecule has 1 aromatic heterocycles. The molecule has 5 nitrogen and oxygen atoms in total. The normalized spacial score (nSPS) is 16.9. The zero-order valence-corrected chi connectivity index (χ0v) is 10.1. The van der Waals surface area contributed by atoms with Crippen molar-refractivity contribution in [3.63, 3.8) is 0 Å². The first-order valence-electron chi connectivity index (χ1n) is 6.37. The van der Waals surface area contributed by atoms with Crippen LogP contribution in [0.5, 0.6) is 0 Å². The predicted octanol–water partition coefficient (Wildman–Crippen LogP) is 1.97. The molecule has 18 heavy (non-hydrogen) atoms. The van der Waals surface area contributed by atoms with E-state index in [9.17, 15) is 4.79 Å². The van der Waals surface area contributed by atoms with Crippen LogP contribution >= 0.6 is 0 Å². The maximum absolute atomic E-state index is 12.0. The van der Waals surface area contributed by atoms with E-state index in [1.807, 2.05) is 24.3 Å². The van der Waals surface area contributed by atoms with Crippen LogP contribution in [0, 0.1) is 5.92 Å². The minimum Gasteiger partial charge on any atom is -0.317 e. The summed E-state index contributed by atoms with van der Waals surface area (Å²) in [4.78, 5) is 18.5. The number of para-hydroxylation sites is 1. The number of hydrogen-bond acceptors (Lipinski definition) is 4. The van der Waals surface area contributed by atoms with E-state index in [2.05, 4.69) is 10.3 Å². The van der Waals surface area contributed by atoms with E-state index in [-0.39, 0.29) is 11.9 Å². The number of nitrogens with zero attached hydrogens (tertiary/aromatic N) is 3. The highest BCUT2D eigenvalue weighted by Gasteiger charge is 2.24. The molecular formula is C13H15N3O2. The highest BCUT2D eigenvalue weighted by Crippen LogP contribution is 2.24. The topological polar surface area (TPSA) is 57.0 Å². The molecule has 2 aromatic rings. The zero-order chi connectivity index (χ0) is 12.4. The van der Waals surface area contributed by atoms with Gasteiger partial charge in [-0.3, -0.25) is 0 Å². The lowest BCUT2D eigenvalue weighted by Crippen LogP contribution is -2.29. The number of fused-ring (bicyclic) bond motifs is 1. The van der Waals surface area contributed by atoms with Gasteiger partial charge in [-0.05, 0) is 30.2 Å². The Morgan fingerprint density at radius 3 is 2.83 bits per heavy atom. The molecule has 0 bridgehead atoms. The van der Waals surface area contributed by atoms with E-state index in [1.54, 1.807) is 0 Å². The van der Waals surface area contributed by atoms with Gasteiger partial charge in [-0.2, -0.15) is 0 Å². The Labute approximate surface area is 105 Å². The van der Waals surface area contributed by atoms with Gasteiger partial charge in [0, 0.05) is 0 Å². The molecule has 1 aliphatic carbocycles. The molecule has 94 valence electrons. The Morgan fingerprint density at radius 1 is 1.22 bits per heavy atom. The zero-order valence-electron chi connectivity index (χ0n) is 10.1. The number of rotatable bonds is 2. The van der Waals surface area contributed by atoms with Gasteiger partial charge in [0.15, 0.2) is 0 Å². The SMILES string of the molecule is O=C(On1nnc2ccccc21)C1CCCCC1. The van der Waals surface area contributed by atoms with Gasteiger partial charge >= 0.3 is 5.97 Å². The minimum atomic E-state index is -0.189. The number of carbonyl (C=O) groups excluding carboxylic acids is 1. The lowest BCUT2D eigenvalue weighted by atomic mass is 9.89. The number of carbonyl (C=O) groups is 1. The summed E-state index contributed by atoms with van der Waals surface area (Å²) in [5.41, 5.74) is 1.45. The first kappa shape index (κ1) is 11.2. The fourth-order valence-corrected chi connectivity index (χ4v) is 2.41. The van der Waals surface area contributed by atoms with Gasteiger partial charge in [0.25, 0.3) is 0 Å². The van der Waals surface area contributed by atoms with E-state index in [0.29, 0.717) is 0 Å². The maximum Gasteiger partial charge on any atom is 0.338 e. The van der Waals surface area contributed by atoms with Gasteiger partial charge in [-0.25, -0.2) is 4.79 Å². The quantitative estimate of drug-likeness (QED) is 0.759. The fraction of sp³-hybridized carbons (Fsp3) is 0.462. The first-order chi connectivity index (χ1) is 8.84. The lowest BCUT2D eigenvalue weighted by molar-refractivity contribution is -0.151. The molecule has 0 amide bonds. The van der Waals surface area contributed by atoms with Crippen LogP contribution in [0.2, 0.25) is 0 Å². The van der Waals surface area contributed by atoms with Crippen molar-refractivity contribution in [2.45, 2.75) is 32.1 Å². The largest absolute Gasteiger partial charge is 0.338 e. The summed E-state index contributed by atoms with van der Waals surface area (Å²) >= 11 is 0. The Morgan fingerprint density at radius 2 is 2.00 bits per heavy atom. The molecule has 0 unspecified atom stereocenters. The van der Waals surface area contributed by atoms with Crippen LogP contribution in [0.25, 0.3) is 11.0 Å². The van der Waals surface area contributed by atoms with Crippen molar-refractivity contribution in [2.24, 2.45) is 5.92 Å². The maximum atomic E-state index is 12.0. The van der Waals surface area contributed by atoms with Crippen LogP contribution in [0.1, 0.15) is 32.1 Å². The van der Waals surface area contributed by atoms with Crippen LogP contribution in [0.4, 0.5) is 0 Å². The average Bonchev–Trinajstić information content (AvgIpc) is 2.83. The first-order valence-corrected chi connectivity index (χ1v) is 6.37. The molecule has 1 aromatic carbocycles. The van der Waals surface area contributed by atoms with E-state index >= 15 is 0 Å². The molecule has 0 aliphatic heterocycles. The van der Waals surface area contributed by atoms with Crippen molar-refractivity contribution in [2.75, 3.05) is 0 Å². The van der Waals surface area contributed by atoms with Crippen molar-refractivity contribution in [3.8, 4) is 0 Å². The highest BCUT2D eigenvalue weighted by molar-refractivity contribution is 5.76. The standard InChI is InChI=1S/C13H15N3O2/c17-13(10-6-2-1-3-7-10)18-16-12-9-5-4-8-11(12)14-15-16/h4-5,8-10H,1-3,6-7H2. The van der Waals surface area contributed by atoms with Crippen LogP contribution in [-0.4, -0.2) is 21.1 Å². The third kappa shape index (κ3) is 2.08. The molecule has 1 heterocycles. The van der Waals surface area contributed by atoms with Gasteiger partial charge in [0.2, 0.25) is 0 Å². The number of aromatic nitrogens is 3. The van der Waals surface area contributed by atoms with E-state index in [0.717, 1.165) is 36.7 Å². The Bertz CT molecular complexity index is 558. The number of hydrogen-bond donors (Lipinski definition) is 0. The summed E-state index contributed by atoms with van der Waals surface area (Å²) in [7, 11) is 0. The molecule has 0 spiro atoms. The van der Waals surface area contributed by atoms with Crippen molar-refractivity contribution in [3.05, 3.63) is 24.3 Å². The fourth-order valence-electron chi connectivity index (χ4n) is 2.41. The van der Waals surface area contributed by atoms with Crippen molar-refractivity contribution in [1.82, 2.24) is 15.2 Å². The molecule has 1 saturated carbocycles. The van der Waals surface area contributed by atoms with Crippen molar-refractivity contribution < 1.29 is 9.63 Å². The second kappa shape index (κ2) is 4.76. The van der Waals surface area contributed by atoms with Crippen LogP contribution < -0.4 is 4.84 Å². The smallest absolute Gasteiger partial charge is 0.317 e.